The molecule has 0 unspecified atom stereocenters. The number of alkyl halides is 3. The van der Waals surface area contributed by atoms with E-state index in [2.05, 4.69) is 39.4 Å². The standard InChI is InChI=1S/C17H20N6O.C2HF3O2/c1-3-10(2)20-16-13-8-9-19-15(13)22-17(23-16)21-12-6-4-11(5-7-12)14(18)24;3-2(4,5)1(6)7/h4-10H,3H2,1-2H3,(H2,18,24)(H3,19,20,21,22,23);(H,6,7)/t10-;/m1./s1. The normalized spacial score (nSPS) is 11.9. The average Bonchev–Trinajstić information content (AvgIpc) is 3.17. The number of aromatic amines is 1. The van der Waals surface area contributed by atoms with Crippen molar-refractivity contribution < 1.29 is 27.9 Å². The summed E-state index contributed by atoms with van der Waals surface area (Å²) in [5.74, 6) is -1.10. The van der Waals surface area contributed by atoms with Gasteiger partial charge in [0.15, 0.2) is 0 Å². The van der Waals surface area contributed by atoms with E-state index in [0.717, 1.165) is 29.3 Å². The molecule has 2 heterocycles. The van der Waals surface area contributed by atoms with Crippen LogP contribution < -0.4 is 16.4 Å². The lowest BCUT2D eigenvalue weighted by Gasteiger charge is -2.17. The van der Waals surface area contributed by atoms with E-state index in [1.807, 2.05) is 6.07 Å². The van der Waals surface area contributed by atoms with Gasteiger partial charge < -0.3 is 26.5 Å². The number of hydrogen-bond acceptors (Lipinski definition) is 6. The molecule has 0 aliphatic carbocycles. The minimum Gasteiger partial charge on any atom is -0.475 e. The van der Waals surface area contributed by atoms with Crippen LogP contribution in [0.15, 0.2) is 36.5 Å². The fraction of sp³-hybridized carbons (Fsp3) is 0.263. The zero-order valence-corrected chi connectivity index (χ0v) is 16.6. The summed E-state index contributed by atoms with van der Waals surface area (Å²) < 4.78 is 31.7. The molecule has 9 nitrogen and oxygen atoms in total. The summed E-state index contributed by atoms with van der Waals surface area (Å²) in [5, 5.41) is 13.7. The van der Waals surface area contributed by atoms with E-state index in [0.29, 0.717) is 17.6 Å². The Morgan fingerprint density at radius 3 is 2.35 bits per heavy atom. The van der Waals surface area contributed by atoms with Gasteiger partial charge in [-0.25, -0.2) is 9.78 Å². The van der Waals surface area contributed by atoms with Gasteiger partial charge in [-0.2, -0.15) is 18.2 Å². The SMILES string of the molecule is CC[C@@H](C)Nc1nc(Nc2ccc(C(N)=O)cc2)[nH]c2nccc1-2.O=C(O)C(F)(F)F. The minimum absolute atomic E-state index is 0.306. The number of nitrogens with one attached hydrogen (secondary N) is 3. The van der Waals surface area contributed by atoms with Gasteiger partial charge in [-0.15, -0.1) is 0 Å². The molecule has 12 heteroatoms. The summed E-state index contributed by atoms with van der Waals surface area (Å²) >= 11 is 0. The van der Waals surface area contributed by atoms with Crippen molar-refractivity contribution in [3.63, 3.8) is 0 Å². The van der Waals surface area contributed by atoms with E-state index < -0.39 is 18.1 Å². The fourth-order valence-corrected chi connectivity index (χ4v) is 2.30. The predicted molar refractivity (Wildman–Crippen MR) is 108 cm³/mol. The zero-order chi connectivity index (χ0) is 23.2. The van der Waals surface area contributed by atoms with Crippen molar-refractivity contribution in [1.82, 2.24) is 15.0 Å². The number of aromatic nitrogens is 3. The van der Waals surface area contributed by atoms with Gasteiger partial charge in [0.1, 0.15) is 11.6 Å². The molecule has 0 bridgehead atoms. The van der Waals surface area contributed by atoms with Crippen LogP contribution in [0.5, 0.6) is 0 Å². The Balaban J connectivity index is 0.000000423. The van der Waals surface area contributed by atoms with E-state index in [9.17, 15) is 18.0 Å². The van der Waals surface area contributed by atoms with Crippen LogP contribution in [0.3, 0.4) is 0 Å². The van der Waals surface area contributed by atoms with Gasteiger partial charge in [-0.3, -0.25) is 4.79 Å². The topological polar surface area (TPSA) is 146 Å². The molecule has 0 aromatic heterocycles. The number of benzene rings is 1. The van der Waals surface area contributed by atoms with Crippen LogP contribution in [-0.2, 0) is 4.79 Å². The first kappa shape index (κ1) is 23.4. The van der Waals surface area contributed by atoms with Crippen LogP contribution in [0.25, 0.3) is 11.4 Å². The van der Waals surface area contributed by atoms with Crippen LogP contribution in [0.4, 0.5) is 30.6 Å². The van der Waals surface area contributed by atoms with Gasteiger partial charge in [0.05, 0.1) is 5.56 Å². The number of amides is 1. The van der Waals surface area contributed by atoms with E-state index in [-0.39, 0.29) is 0 Å². The highest BCUT2D eigenvalue weighted by Crippen LogP contribution is 2.28. The molecule has 1 amide bonds. The first-order chi connectivity index (χ1) is 14.5. The van der Waals surface area contributed by atoms with Gasteiger partial charge in [0.2, 0.25) is 11.9 Å². The third-order valence-corrected chi connectivity index (χ3v) is 4.09. The molecule has 0 radical (unpaired) electrons. The number of carbonyl (C=O) groups is 2. The summed E-state index contributed by atoms with van der Waals surface area (Å²) in [4.78, 5) is 32.1. The molecule has 31 heavy (non-hydrogen) atoms. The molecule has 1 atom stereocenters. The Bertz CT molecular complexity index is 1000. The van der Waals surface area contributed by atoms with Crippen molar-refractivity contribution in [3.8, 4) is 11.4 Å². The summed E-state index contributed by atoms with van der Waals surface area (Å²) in [6, 6.07) is 9.13. The Morgan fingerprint density at radius 2 is 1.84 bits per heavy atom. The van der Waals surface area contributed by atoms with Crippen LogP contribution in [-0.4, -0.2) is 44.2 Å². The number of carboxylic acid groups (broad SMARTS) is 1. The number of anilines is 3. The molecular weight excluding hydrogens is 417 g/mol. The van der Waals surface area contributed by atoms with E-state index >= 15 is 0 Å². The van der Waals surface area contributed by atoms with Crippen molar-refractivity contribution in [3.05, 3.63) is 42.1 Å². The largest absolute Gasteiger partial charge is 0.490 e. The number of hydrogen-bond donors (Lipinski definition) is 5. The van der Waals surface area contributed by atoms with Crippen molar-refractivity contribution in [2.24, 2.45) is 5.73 Å². The second-order valence-corrected chi connectivity index (χ2v) is 6.46. The lowest BCUT2D eigenvalue weighted by Crippen LogP contribution is -2.21. The number of carbonyl (C=O) groups excluding carboxylic acids is 1. The number of aliphatic carboxylic acids is 1. The number of carboxylic acids is 1. The van der Waals surface area contributed by atoms with Crippen LogP contribution in [0, 0.1) is 0 Å². The van der Waals surface area contributed by atoms with Crippen molar-refractivity contribution in [2.75, 3.05) is 10.6 Å². The third-order valence-electron chi connectivity index (χ3n) is 4.09. The molecule has 0 saturated heterocycles. The number of nitrogens with zero attached hydrogens (tertiary/aromatic N) is 2. The minimum atomic E-state index is -5.08. The van der Waals surface area contributed by atoms with E-state index in [4.69, 9.17) is 15.6 Å². The van der Waals surface area contributed by atoms with Gasteiger partial charge in [0, 0.05) is 23.5 Å². The smallest absolute Gasteiger partial charge is 0.475 e. The summed E-state index contributed by atoms with van der Waals surface area (Å²) in [7, 11) is 0. The zero-order valence-electron chi connectivity index (χ0n) is 16.6. The number of H-pyrrole nitrogens is 1. The Hall–Kier alpha value is -3.83. The van der Waals surface area contributed by atoms with Gasteiger partial charge >= 0.3 is 12.1 Å². The second kappa shape index (κ2) is 9.78. The first-order valence-corrected chi connectivity index (χ1v) is 9.09. The van der Waals surface area contributed by atoms with Crippen molar-refractivity contribution in [1.29, 1.82) is 0 Å². The highest BCUT2D eigenvalue weighted by molar-refractivity contribution is 5.93. The fourth-order valence-electron chi connectivity index (χ4n) is 2.30. The number of primary amides is 1. The maximum atomic E-state index is 11.1. The summed E-state index contributed by atoms with van der Waals surface area (Å²) in [6.07, 6.45) is -2.34. The van der Waals surface area contributed by atoms with Crippen molar-refractivity contribution >= 4 is 29.3 Å². The number of halogens is 3. The van der Waals surface area contributed by atoms with E-state index in [1.54, 1.807) is 30.5 Å². The van der Waals surface area contributed by atoms with Gasteiger partial charge in [0.25, 0.3) is 0 Å². The van der Waals surface area contributed by atoms with Gasteiger partial charge in [-0.1, -0.05) is 6.92 Å². The van der Waals surface area contributed by atoms with E-state index in [1.165, 1.54) is 0 Å². The average molecular weight is 438 g/mol. The maximum absolute atomic E-state index is 11.1. The maximum Gasteiger partial charge on any atom is 0.490 e. The van der Waals surface area contributed by atoms with Crippen molar-refractivity contribution in [2.45, 2.75) is 32.5 Å². The molecule has 166 valence electrons. The van der Waals surface area contributed by atoms with Gasteiger partial charge in [-0.05, 0) is 43.7 Å². The molecule has 0 fully saturated rings. The molecule has 2 aliphatic rings. The summed E-state index contributed by atoms with van der Waals surface area (Å²) in [5.41, 5.74) is 7.46. The Kier molecular flexibility index (Phi) is 7.40. The highest BCUT2D eigenvalue weighted by atomic mass is 19.4. The Morgan fingerprint density at radius 1 is 1.23 bits per heavy atom. The lowest BCUT2D eigenvalue weighted by molar-refractivity contribution is -0.192. The lowest BCUT2D eigenvalue weighted by atomic mass is 10.2. The van der Waals surface area contributed by atoms with Crippen LogP contribution in [0.2, 0.25) is 0 Å². The monoisotopic (exact) mass is 438 g/mol. The number of rotatable bonds is 6. The molecule has 3 rings (SSSR count). The molecule has 6 N–H and O–H groups in total. The quantitative estimate of drug-likeness (QED) is 0.395. The molecule has 0 saturated carbocycles. The second-order valence-electron chi connectivity index (χ2n) is 6.46. The first-order valence-electron chi connectivity index (χ1n) is 9.09. The molecular formula is C19H21F3N6O3. The van der Waals surface area contributed by atoms with Crippen LogP contribution in [0.1, 0.15) is 30.6 Å². The predicted octanol–water partition coefficient (Wildman–Crippen LogP) is 3.60. The third kappa shape index (κ3) is 6.59. The highest BCUT2D eigenvalue weighted by Gasteiger charge is 2.38. The summed E-state index contributed by atoms with van der Waals surface area (Å²) in [6.45, 7) is 4.23. The molecule has 0 spiro atoms. The molecule has 1 aromatic rings. The molecule has 2 aliphatic heterocycles. The number of nitrogens with two attached hydrogens (primary N) is 1. The Labute approximate surface area is 175 Å². The number of fused-ring (bicyclic) bond motifs is 1. The van der Waals surface area contributed by atoms with Crippen LogP contribution >= 0.6 is 0 Å². The molecule has 1 aromatic carbocycles.